The molecule has 6 heteroatoms. The number of fused-ring (bicyclic) bond motifs is 1. The molecule has 0 saturated heterocycles. The van der Waals surface area contributed by atoms with Crippen LogP contribution in [0.2, 0.25) is 0 Å². The van der Waals surface area contributed by atoms with Crippen molar-refractivity contribution in [2.75, 3.05) is 12.0 Å². The number of methoxy groups -OCH3 is 1. The third kappa shape index (κ3) is 4.03. The zero-order chi connectivity index (χ0) is 20.4. The molecule has 0 radical (unpaired) electrons. The minimum atomic E-state index is -0.178. The van der Waals surface area contributed by atoms with Crippen LogP contribution in [0.4, 0.5) is 10.8 Å². The maximum Gasteiger partial charge on any atom is 0.257 e. The zero-order valence-corrected chi connectivity index (χ0v) is 17.4. The summed E-state index contributed by atoms with van der Waals surface area (Å²) in [5.74, 6) is 1.39. The summed E-state index contributed by atoms with van der Waals surface area (Å²) in [4.78, 5) is 19.3. The van der Waals surface area contributed by atoms with Gasteiger partial charge in [-0.05, 0) is 44.2 Å². The monoisotopic (exact) mass is 406 g/mol. The number of aryl methyl sites for hydroxylation is 1. The predicted molar refractivity (Wildman–Crippen MR) is 116 cm³/mol. The highest BCUT2D eigenvalue weighted by atomic mass is 32.1. The fraction of sp³-hybridized carbons (Fsp3) is 0.217. The second-order valence-corrected chi connectivity index (χ2v) is 7.79. The van der Waals surface area contributed by atoms with E-state index in [0.29, 0.717) is 5.13 Å². The highest BCUT2D eigenvalue weighted by molar-refractivity contribution is 7.14. The van der Waals surface area contributed by atoms with Crippen LogP contribution in [0.1, 0.15) is 23.7 Å². The molecule has 1 aromatic heterocycles. The first-order valence-electron chi connectivity index (χ1n) is 9.42. The fourth-order valence-electron chi connectivity index (χ4n) is 3.35. The SMILES string of the molecule is COc1cc2c(cc1C=CC(=O)N(c1ccccc1)c1nc(C)cs1)OC(C)C2. The summed E-state index contributed by atoms with van der Waals surface area (Å²) >= 11 is 1.44. The minimum Gasteiger partial charge on any atom is -0.496 e. The minimum absolute atomic E-state index is 0.150. The Bertz CT molecular complexity index is 1060. The molecule has 1 unspecified atom stereocenters. The van der Waals surface area contributed by atoms with Crippen molar-refractivity contribution in [1.82, 2.24) is 4.98 Å². The number of thiazole rings is 1. The molecule has 1 amide bonds. The molecule has 1 aliphatic rings. The molecule has 5 nitrogen and oxygen atoms in total. The lowest BCUT2D eigenvalue weighted by Crippen LogP contribution is -2.23. The number of benzene rings is 2. The number of para-hydroxylation sites is 1. The summed E-state index contributed by atoms with van der Waals surface area (Å²) in [5.41, 5.74) is 3.59. The van der Waals surface area contributed by atoms with E-state index in [9.17, 15) is 4.79 Å². The van der Waals surface area contributed by atoms with Gasteiger partial charge in [-0.15, -0.1) is 11.3 Å². The number of rotatable bonds is 5. The molecule has 0 fully saturated rings. The van der Waals surface area contributed by atoms with Crippen LogP contribution in [-0.2, 0) is 11.2 Å². The Morgan fingerprint density at radius 1 is 1.31 bits per heavy atom. The third-order valence-electron chi connectivity index (χ3n) is 4.69. The number of nitrogens with zero attached hydrogens (tertiary/aromatic N) is 2. The molecule has 29 heavy (non-hydrogen) atoms. The van der Waals surface area contributed by atoms with Crippen LogP contribution in [0.5, 0.6) is 11.5 Å². The quantitative estimate of drug-likeness (QED) is 0.549. The number of carbonyl (C=O) groups is 1. The first kappa shape index (κ1) is 19.2. The van der Waals surface area contributed by atoms with Crippen molar-refractivity contribution < 1.29 is 14.3 Å². The largest absolute Gasteiger partial charge is 0.496 e. The molecule has 148 valence electrons. The number of anilines is 2. The van der Waals surface area contributed by atoms with E-state index in [1.54, 1.807) is 24.2 Å². The molecule has 1 atom stereocenters. The van der Waals surface area contributed by atoms with Crippen LogP contribution in [0, 0.1) is 6.92 Å². The standard InChI is InChI=1S/C23H22N2O3S/c1-15-14-29-23(24-15)25(19-7-5-4-6-8-19)22(26)10-9-17-12-21-18(11-16(2)28-21)13-20(17)27-3/h4-10,12-14,16H,11H2,1-3H3. The fourth-order valence-corrected chi connectivity index (χ4v) is 4.18. The van der Waals surface area contributed by atoms with Crippen molar-refractivity contribution in [2.24, 2.45) is 0 Å². The Morgan fingerprint density at radius 3 is 2.79 bits per heavy atom. The number of hydrogen-bond acceptors (Lipinski definition) is 5. The predicted octanol–water partition coefficient (Wildman–Crippen LogP) is 5.16. The second-order valence-electron chi connectivity index (χ2n) is 6.95. The summed E-state index contributed by atoms with van der Waals surface area (Å²) in [5, 5.41) is 2.58. The van der Waals surface area contributed by atoms with Crippen molar-refractivity contribution in [2.45, 2.75) is 26.4 Å². The van der Waals surface area contributed by atoms with Gasteiger partial charge in [0.25, 0.3) is 5.91 Å². The van der Waals surface area contributed by atoms with Gasteiger partial charge in [-0.3, -0.25) is 9.69 Å². The Labute approximate surface area is 174 Å². The van der Waals surface area contributed by atoms with Crippen molar-refractivity contribution in [3.8, 4) is 11.5 Å². The summed E-state index contributed by atoms with van der Waals surface area (Å²) in [6.45, 7) is 3.96. The Hall–Kier alpha value is -3.12. The molecular weight excluding hydrogens is 384 g/mol. The van der Waals surface area contributed by atoms with Gasteiger partial charge in [0.1, 0.15) is 17.6 Å². The van der Waals surface area contributed by atoms with E-state index >= 15 is 0 Å². The molecule has 0 spiro atoms. The van der Waals surface area contributed by atoms with Crippen LogP contribution in [-0.4, -0.2) is 24.1 Å². The number of aromatic nitrogens is 1. The van der Waals surface area contributed by atoms with Crippen LogP contribution >= 0.6 is 11.3 Å². The van der Waals surface area contributed by atoms with Crippen molar-refractivity contribution in [3.05, 3.63) is 70.7 Å². The van der Waals surface area contributed by atoms with E-state index in [4.69, 9.17) is 9.47 Å². The Kier molecular flexibility index (Phi) is 5.36. The average molecular weight is 407 g/mol. The highest BCUT2D eigenvalue weighted by Crippen LogP contribution is 2.36. The lowest BCUT2D eigenvalue weighted by molar-refractivity contribution is -0.113. The number of carbonyl (C=O) groups excluding carboxylic acids is 1. The summed E-state index contributed by atoms with van der Waals surface area (Å²) in [6, 6.07) is 13.4. The van der Waals surface area contributed by atoms with Gasteiger partial charge in [-0.25, -0.2) is 4.98 Å². The van der Waals surface area contributed by atoms with Gasteiger partial charge in [0.2, 0.25) is 0 Å². The van der Waals surface area contributed by atoms with E-state index in [0.717, 1.165) is 40.4 Å². The maximum atomic E-state index is 13.1. The molecule has 1 aliphatic heterocycles. The number of amides is 1. The number of ether oxygens (including phenoxy) is 2. The second kappa shape index (κ2) is 8.09. The molecule has 4 rings (SSSR count). The van der Waals surface area contributed by atoms with E-state index in [-0.39, 0.29) is 12.0 Å². The Balaban J connectivity index is 1.66. The molecular formula is C23H22N2O3S. The van der Waals surface area contributed by atoms with Gasteiger partial charge in [0.05, 0.1) is 18.5 Å². The highest BCUT2D eigenvalue weighted by Gasteiger charge is 2.22. The molecule has 2 heterocycles. The van der Waals surface area contributed by atoms with Gasteiger partial charge in [0, 0.05) is 29.0 Å². The topological polar surface area (TPSA) is 51.7 Å². The summed E-state index contributed by atoms with van der Waals surface area (Å²) < 4.78 is 11.4. The molecule has 0 bridgehead atoms. The maximum absolute atomic E-state index is 13.1. The summed E-state index contributed by atoms with van der Waals surface area (Å²) in [6.07, 6.45) is 4.33. The number of hydrogen-bond donors (Lipinski definition) is 0. The van der Waals surface area contributed by atoms with E-state index in [1.807, 2.05) is 61.7 Å². The van der Waals surface area contributed by atoms with Gasteiger partial charge >= 0.3 is 0 Å². The van der Waals surface area contributed by atoms with Crippen LogP contribution < -0.4 is 14.4 Å². The molecule has 3 aromatic rings. The van der Waals surface area contributed by atoms with Crippen molar-refractivity contribution in [3.63, 3.8) is 0 Å². The molecule has 0 N–H and O–H groups in total. The van der Waals surface area contributed by atoms with E-state index < -0.39 is 0 Å². The van der Waals surface area contributed by atoms with Gasteiger partial charge < -0.3 is 9.47 Å². The van der Waals surface area contributed by atoms with Crippen LogP contribution in [0.15, 0.2) is 53.9 Å². The first-order chi connectivity index (χ1) is 14.0. The normalized spacial score (nSPS) is 15.2. The van der Waals surface area contributed by atoms with Gasteiger partial charge in [0.15, 0.2) is 5.13 Å². The Morgan fingerprint density at radius 2 is 2.10 bits per heavy atom. The lowest BCUT2D eigenvalue weighted by Gasteiger charge is -2.18. The van der Waals surface area contributed by atoms with E-state index in [1.165, 1.54) is 11.3 Å². The third-order valence-corrected chi connectivity index (χ3v) is 5.63. The summed E-state index contributed by atoms with van der Waals surface area (Å²) in [7, 11) is 1.63. The van der Waals surface area contributed by atoms with Crippen LogP contribution in [0.25, 0.3) is 6.08 Å². The van der Waals surface area contributed by atoms with Crippen molar-refractivity contribution >= 4 is 34.1 Å². The van der Waals surface area contributed by atoms with Gasteiger partial charge in [-0.1, -0.05) is 18.2 Å². The zero-order valence-electron chi connectivity index (χ0n) is 16.6. The average Bonchev–Trinajstić information content (AvgIpc) is 3.30. The molecule has 2 aromatic carbocycles. The van der Waals surface area contributed by atoms with Gasteiger partial charge in [-0.2, -0.15) is 0 Å². The van der Waals surface area contributed by atoms with Crippen LogP contribution in [0.3, 0.4) is 0 Å². The lowest BCUT2D eigenvalue weighted by atomic mass is 10.1. The molecule has 0 saturated carbocycles. The molecule has 0 aliphatic carbocycles. The van der Waals surface area contributed by atoms with E-state index in [2.05, 4.69) is 4.98 Å². The first-order valence-corrected chi connectivity index (χ1v) is 10.3. The van der Waals surface area contributed by atoms with Crippen molar-refractivity contribution in [1.29, 1.82) is 0 Å². The smallest absolute Gasteiger partial charge is 0.257 e.